The summed E-state index contributed by atoms with van der Waals surface area (Å²) in [6.07, 6.45) is 6.37. The topological polar surface area (TPSA) is 39.9 Å². The zero-order chi connectivity index (χ0) is 14.7. The van der Waals surface area contributed by atoms with Crippen LogP contribution in [0.1, 0.15) is 43.6 Å². The Labute approximate surface area is 127 Å². The van der Waals surface area contributed by atoms with Crippen LogP contribution in [0, 0.1) is 6.92 Å². The van der Waals surface area contributed by atoms with Crippen LogP contribution in [-0.4, -0.2) is 53.2 Å². The molecular weight excluding hydrogens is 264 g/mol. The first-order valence-electron chi connectivity index (χ1n) is 8.40. The van der Waals surface area contributed by atoms with Crippen LogP contribution in [-0.2, 0) is 6.54 Å². The molecule has 0 unspecified atom stereocenters. The summed E-state index contributed by atoms with van der Waals surface area (Å²) in [7, 11) is 0. The highest BCUT2D eigenvalue weighted by Gasteiger charge is 2.31. The van der Waals surface area contributed by atoms with Crippen molar-refractivity contribution in [2.75, 3.05) is 26.2 Å². The minimum Gasteiger partial charge on any atom is -0.465 e. The molecule has 0 aromatic carbocycles. The van der Waals surface area contributed by atoms with Crippen molar-refractivity contribution in [1.29, 1.82) is 0 Å². The molecule has 21 heavy (non-hydrogen) atoms. The van der Waals surface area contributed by atoms with Crippen LogP contribution in [0.25, 0.3) is 0 Å². The molecule has 4 nitrogen and oxygen atoms in total. The largest absolute Gasteiger partial charge is 0.465 e. The van der Waals surface area contributed by atoms with E-state index in [0.717, 1.165) is 50.2 Å². The maximum absolute atomic E-state index is 9.39. The third kappa shape index (κ3) is 3.68. The lowest BCUT2D eigenvalue weighted by molar-refractivity contribution is 0.0289. The molecule has 1 aliphatic carbocycles. The second kappa shape index (κ2) is 6.95. The van der Waals surface area contributed by atoms with Gasteiger partial charge in [-0.1, -0.05) is 12.8 Å². The van der Waals surface area contributed by atoms with Crippen molar-refractivity contribution in [1.82, 2.24) is 9.80 Å². The third-order valence-corrected chi connectivity index (χ3v) is 5.09. The van der Waals surface area contributed by atoms with E-state index in [9.17, 15) is 5.11 Å². The molecule has 4 heteroatoms. The Morgan fingerprint density at radius 1 is 1.24 bits per heavy atom. The molecule has 2 fully saturated rings. The minimum atomic E-state index is 0.275. The predicted molar refractivity (Wildman–Crippen MR) is 83.2 cm³/mol. The molecular formula is C17H28N2O2. The van der Waals surface area contributed by atoms with Gasteiger partial charge in [-0.2, -0.15) is 0 Å². The van der Waals surface area contributed by atoms with Gasteiger partial charge >= 0.3 is 0 Å². The number of rotatable bonds is 5. The highest BCUT2D eigenvalue weighted by Crippen LogP contribution is 2.27. The van der Waals surface area contributed by atoms with Crippen molar-refractivity contribution in [3.05, 3.63) is 23.7 Å². The monoisotopic (exact) mass is 292 g/mol. The lowest BCUT2D eigenvalue weighted by Gasteiger charge is -2.43. The molecule has 1 aromatic rings. The molecule has 1 N–H and O–H groups in total. The average Bonchev–Trinajstić information content (AvgIpc) is 3.13. The summed E-state index contributed by atoms with van der Waals surface area (Å²) in [5.41, 5.74) is 0. The molecule has 1 atom stereocenters. The molecule has 3 rings (SSSR count). The standard InChI is InChI=1S/C17H28N2O2/c1-14-6-7-17(21-14)13-19-10-9-18(12-16(19)8-11-20)15-4-2-3-5-15/h6-7,15-16,20H,2-5,8-13H2,1H3/t16-/m1/s1. The Morgan fingerprint density at radius 3 is 2.71 bits per heavy atom. The van der Waals surface area contributed by atoms with Crippen LogP contribution in [0.4, 0.5) is 0 Å². The fourth-order valence-corrected chi connectivity index (χ4v) is 3.92. The minimum absolute atomic E-state index is 0.275. The molecule has 0 spiro atoms. The summed E-state index contributed by atoms with van der Waals surface area (Å²) in [4.78, 5) is 5.15. The van der Waals surface area contributed by atoms with E-state index in [1.807, 2.05) is 13.0 Å². The number of piperazine rings is 1. The van der Waals surface area contributed by atoms with E-state index in [2.05, 4.69) is 15.9 Å². The van der Waals surface area contributed by atoms with Gasteiger partial charge in [-0.05, 0) is 38.3 Å². The van der Waals surface area contributed by atoms with E-state index in [1.54, 1.807) is 0 Å². The van der Waals surface area contributed by atoms with E-state index in [-0.39, 0.29) is 6.61 Å². The quantitative estimate of drug-likeness (QED) is 0.904. The molecule has 2 aliphatic rings. The van der Waals surface area contributed by atoms with Crippen LogP contribution in [0.3, 0.4) is 0 Å². The zero-order valence-corrected chi connectivity index (χ0v) is 13.1. The van der Waals surface area contributed by atoms with Gasteiger partial charge in [0.15, 0.2) is 0 Å². The highest BCUT2D eigenvalue weighted by atomic mass is 16.3. The van der Waals surface area contributed by atoms with E-state index in [0.29, 0.717) is 6.04 Å². The highest BCUT2D eigenvalue weighted by molar-refractivity contribution is 5.06. The van der Waals surface area contributed by atoms with Crippen LogP contribution in [0.5, 0.6) is 0 Å². The van der Waals surface area contributed by atoms with Crippen molar-refractivity contribution in [3.8, 4) is 0 Å². The van der Waals surface area contributed by atoms with Gasteiger partial charge in [0, 0.05) is 38.3 Å². The fourth-order valence-electron chi connectivity index (χ4n) is 3.92. The summed E-state index contributed by atoms with van der Waals surface area (Å²) in [5.74, 6) is 2.03. The van der Waals surface area contributed by atoms with Gasteiger partial charge in [0.2, 0.25) is 0 Å². The van der Waals surface area contributed by atoms with E-state index in [4.69, 9.17) is 4.42 Å². The summed E-state index contributed by atoms with van der Waals surface area (Å²) in [6, 6.07) is 5.36. The number of furan rings is 1. The van der Waals surface area contributed by atoms with Gasteiger partial charge in [-0.25, -0.2) is 0 Å². The molecule has 0 amide bonds. The second-order valence-electron chi connectivity index (χ2n) is 6.58. The maximum atomic E-state index is 9.39. The van der Waals surface area contributed by atoms with Crippen molar-refractivity contribution < 1.29 is 9.52 Å². The van der Waals surface area contributed by atoms with Crippen molar-refractivity contribution >= 4 is 0 Å². The van der Waals surface area contributed by atoms with Gasteiger partial charge in [-0.15, -0.1) is 0 Å². The summed E-state index contributed by atoms with van der Waals surface area (Å²) in [6.45, 7) is 6.48. The maximum Gasteiger partial charge on any atom is 0.118 e. The summed E-state index contributed by atoms with van der Waals surface area (Å²) < 4.78 is 5.72. The Hall–Kier alpha value is -0.840. The summed E-state index contributed by atoms with van der Waals surface area (Å²) >= 11 is 0. The lowest BCUT2D eigenvalue weighted by Crippen LogP contribution is -2.55. The molecule has 1 aromatic heterocycles. The first-order valence-corrected chi connectivity index (χ1v) is 8.40. The van der Waals surface area contributed by atoms with Crippen molar-refractivity contribution in [3.63, 3.8) is 0 Å². The number of aryl methyl sites for hydroxylation is 1. The second-order valence-corrected chi connectivity index (χ2v) is 6.58. The van der Waals surface area contributed by atoms with Gasteiger partial charge in [0.05, 0.1) is 6.54 Å². The summed E-state index contributed by atoms with van der Waals surface area (Å²) in [5, 5.41) is 9.39. The predicted octanol–water partition coefficient (Wildman–Crippen LogP) is 2.40. The molecule has 0 bridgehead atoms. The van der Waals surface area contributed by atoms with Gasteiger partial charge in [-0.3, -0.25) is 9.80 Å². The number of aliphatic hydroxyl groups excluding tert-OH is 1. The van der Waals surface area contributed by atoms with Crippen LogP contribution < -0.4 is 0 Å². The van der Waals surface area contributed by atoms with Gasteiger partial charge in [0.1, 0.15) is 11.5 Å². The van der Waals surface area contributed by atoms with E-state index >= 15 is 0 Å². The number of nitrogens with zero attached hydrogens (tertiary/aromatic N) is 2. The first-order chi connectivity index (χ1) is 10.3. The molecule has 118 valence electrons. The van der Waals surface area contributed by atoms with Crippen LogP contribution >= 0.6 is 0 Å². The normalized spacial score (nSPS) is 25.7. The fraction of sp³-hybridized carbons (Fsp3) is 0.765. The Morgan fingerprint density at radius 2 is 2.05 bits per heavy atom. The number of hydrogen-bond acceptors (Lipinski definition) is 4. The van der Waals surface area contributed by atoms with Crippen molar-refractivity contribution in [2.45, 2.75) is 57.7 Å². The molecule has 1 aliphatic heterocycles. The SMILES string of the molecule is Cc1ccc(CN2CCN(C3CCCC3)C[C@H]2CCO)o1. The smallest absolute Gasteiger partial charge is 0.118 e. The molecule has 0 radical (unpaired) electrons. The average molecular weight is 292 g/mol. The Bertz CT molecular complexity index is 440. The van der Waals surface area contributed by atoms with Crippen LogP contribution in [0.2, 0.25) is 0 Å². The van der Waals surface area contributed by atoms with E-state index in [1.165, 1.54) is 25.7 Å². The van der Waals surface area contributed by atoms with Crippen LogP contribution in [0.15, 0.2) is 16.5 Å². The Kier molecular flexibility index (Phi) is 4.99. The Balaban J connectivity index is 1.61. The molecule has 2 heterocycles. The molecule has 1 saturated carbocycles. The zero-order valence-electron chi connectivity index (χ0n) is 13.1. The van der Waals surface area contributed by atoms with E-state index < -0.39 is 0 Å². The first kappa shape index (κ1) is 15.1. The number of hydrogen-bond donors (Lipinski definition) is 1. The van der Waals surface area contributed by atoms with Gasteiger partial charge < -0.3 is 9.52 Å². The third-order valence-electron chi connectivity index (χ3n) is 5.09. The number of aliphatic hydroxyl groups is 1. The lowest BCUT2D eigenvalue weighted by atomic mass is 10.1. The van der Waals surface area contributed by atoms with Gasteiger partial charge in [0.25, 0.3) is 0 Å². The van der Waals surface area contributed by atoms with Crippen molar-refractivity contribution in [2.24, 2.45) is 0 Å². The molecule has 1 saturated heterocycles.